The lowest BCUT2D eigenvalue weighted by Crippen LogP contribution is -2.57. The summed E-state index contributed by atoms with van der Waals surface area (Å²) in [5, 5.41) is 0.0117. The van der Waals surface area contributed by atoms with Gasteiger partial charge in [0.15, 0.2) is 5.78 Å². The molecule has 1 heterocycles. The molecule has 1 aliphatic rings. The van der Waals surface area contributed by atoms with E-state index in [1.165, 1.54) is 6.07 Å². The fourth-order valence-electron chi connectivity index (χ4n) is 3.86. The lowest BCUT2D eigenvalue weighted by atomic mass is 9.98. The van der Waals surface area contributed by atoms with Gasteiger partial charge in [0.2, 0.25) is 10.0 Å². The SMILES string of the molecule is Cc1cc(-c2ccccc2)cc(C(=O)CNS(=O)(=O)C2CN(Cc3ccccc3Cl)C2)c1F. The number of aryl methyl sites for hydroxylation is 1. The van der Waals surface area contributed by atoms with E-state index in [1.807, 2.05) is 53.4 Å². The molecule has 1 N–H and O–H groups in total. The molecule has 0 amide bonds. The molecule has 0 bridgehead atoms. The Morgan fingerprint density at radius 3 is 2.42 bits per heavy atom. The quantitative estimate of drug-likeness (QED) is 0.478. The van der Waals surface area contributed by atoms with E-state index in [4.69, 9.17) is 11.6 Å². The zero-order valence-corrected chi connectivity index (χ0v) is 19.7. The van der Waals surface area contributed by atoms with Crippen LogP contribution in [-0.2, 0) is 16.6 Å². The first-order valence-electron chi connectivity index (χ1n) is 10.6. The second-order valence-electron chi connectivity index (χ2n) is 8.22. The Bertz CT molecular complexity index is 1280. The standard InChI is InChI=1S/C25H24ClFN2O3S/c1-17-11-20(18-7-3-2-4-8-18)12-22(25(17)27)24(30)13-28-33(31,32)21-15-29(16-21)14-19-9-5-6-10-23(19)26/h2-12,21,28H,13-16H2,1H3. The zero-order chi connectivity index (χ0) is 23.6. The Kier molecular flexibility index (Phi) is 6.95. The number of carbonyl (C=O) groups excluding carboxylic acids is 1. The first-order chi connectivity index (χ1) is 15.7. The van der Waals surface area contributed by atoms with Gasteiger partial charge in [0.05, 0.1) is 12.1 Å². The third kappa shape index (κ3) is 5.33. The number of sulfonamides is 1. The smallest absolute Gasteiger partial charge is 0.217 e. The molecule has 1 aliphatic heterocycles. The maximum Gasteiger partial charge on any atom is 0.217 e. The van der Waals surface area contributed by atoms with Crippen molar-refractivity contribution in [3.63, 3.8) is 0 Å². The molecule has 3 aromatic rings. The van der Waals surface area contributed by atoms with Crippen LogP contribution in [0.4, 0.5) is 4.39 Å². The summed E-state index contributed by atoms with van der Waals surface area (Å²) in [4.78, 5) is 14.7. The average Bonchev–Trinajstić information content (AvgIpc) is 2.77. The predicted molar refractivity (Wildman–Crippen MR) is 128 cm³/mol. The van der Waals surface area contributed by atoms with E-state index in [1.54, 1.807) is 19.1 Å². The summed E-state index contributed by atoms with van der Waals surface area (Å²) in [6.45, 7) is 2.33. The van der Waals surface area contributed by atoms with Crippen molar-refractivity contribution in [1.82, 2.24) is 9.62 Å². The molecule has 3 aromatic carbocycles. The molecular formula is C25H24ClFN2O3S. The number of hydrogen-bond acceptors (Lipinski definition) is 4. The highest BCUT2D eigenvalue weighted by atomic mass is 35.5. The Labute approximate surface area is 198 Å². The second-order valence-corrected chi connectivity index (χ2v) is 10.7. The monoisotopic (exact) mass is 486 g/mol. The van der Waals surface area contributed by atoms with E-state index in [0.29, 0.717) is 35.8 Å². The van der Waals surface area contributed by atoms with Crippen molar-refractivity contribution < 1.29 is 17.6 Å². The summed E-state index contributed by atoms with van der Waals surface area (Å²) >= 11 is 6.17. The van der Waals surface area contributed by atoms with Crippen molar-refractivity contribution in [3.8, 4) is 11.1 Å². The van der Waals surface area contributed by atoms with Gasteiger partial charge in [-0.15, -0.1) is 0 Å². The van der Waals surface area contributed by atoms with Gasteiger partial charge >= 0.3 is 0 Å². The van der Waals surface area contributed by atoms with Crippen LogP contribution in [0.3, 0.4) is 0 Å². The van der Waals surface area contributed by atoms with Gasteiger partial charge in [0, 0.05) is 24.7 Å². The van der Waals surface area contributed by atoms with Crippen LogP contribution in [0.15, 0.2) is 66.7 Å². The highest BCUT2D eigenvalue weighted by Crippen LogP contribution is 2.26. The molecule has 1 fully saturated rings. The van der Waals surface area contributed by atoms with Crippen LogP contribution in [-0.4, -0.2) is 44.0 Å². The number of Topliss-reactive ketones (excluding diaryl/α,β-unsaturated/α-hetero) is 1. The Hall–Kier alpha value is -2.58. The third-order valence-corrected chi connectivity index (χ3v) is 7.90. The molecule has 5 nitrogen and oxygen atoms in total. The van der Waals surface area contributed by atoms with E-state index >= 15 is 0 Å². The van der Waals surface area contributed by atoms with Crippen LogP contribution in [0.5, 0.6) is 0 Å². The van der Waals surface area contributed by atoms with Gasteiger partial charge in [-0.25, -0.2) is 17.5 Å². The zero-order valence-electron chi connectivity index (χ0n) is 18.1. The Morgan fingerprint density at radius 1 is 1.06 bits per heavy atom. The minimum absolute atomic E-state index is 0.120. The molecule has 8 heteroatoms. The maximum absolute atomic E-state index is 14.7. The summed E-state index contributed by atoms with van der Waals surface area (Å²) in [5.41, 5.74) is 2.70. The van der Waals surface area contributed by atoms with Gasteiger partial charge in [-0.3, -0.25) is 9.69 Å². The summed E-state index contributed by atoms with van der Waals surface area (Å²) in [7, 11) is -3.72. The highest BCUT2D eigenvalue weighted by Gasteiger charge is 2.37. The number of ketones is 1. The van der Waals surface area contributed by atoms with Crippen molar-refractivity contribution in [3.05, 3.63) is 94.3 Å². The van der Waals surface area contributed by atoms with E-state index < -0.39 is 33.4 Å². The number of hydrogen-bond donors (Lipinski definition) is 1. The van der Waals surface area contributed by atoms with Crippen molar-refractivity contribution in [2.45, 2.75) is 18.7 Å². The molecule has 0 saturated carbocycles. The molecule has 0 unspecified atom stereocenters. The fourth-order valence-corrected chi connectivity index (χ4v) is 5.44. The van der Waals surface area contributed by atoms with Crippen molar-refractivity contribution in [1.29, 1.82) is 0 Å². The normalized spacial score (nSPS) is 14.8. The molecule has 0 aliphatic carbocycles. The first kappa shape index (κ1) is 23.6. The molecule has 0 atom stereocenters. The van der Waals surface area contributed by atoms with E-state index in [0.717, 1.165) is 11.1 Å². The summed E-state index contributed by atoms with van der Waals surface area (Å²) in [6, 6.07) is 19.9. The number of likely N-dealkylation sites (tertiary alicyclic amines) is 1. The lowest BCUT2D eigenvalue weighted by Gasteiger charge is -2.38. The van der Waals surface area contributed by atoms with Gasteiger partial charge < -0.3 is 0 Å². The second kappa shape index (κ2) is 9.73. The molecule has 4 rings (SSSR count). The van der Waals surface area contributed by atoms with Crippen LogP contribution in [0.1, 0.15) is 21.5 Å². The highest BCUT2D eigenvalue weighted by molar-refractivity contribution is 7.90. The van der Waals surface area contributed by atoms with E-state index in [2.05, 4.69) is 4.72 Å². The summed E-state index contributed by atoms with van der Waals surface area (Å²) in [6.07, 6.45) is 0. The van der Waals surface area contributed by atoms with Gasteiger partial charge in [0.25, 0.3) is 0 Å². The summed E-state index contributed by atoms with van der Waals surface area (Å²) in [5.74, 6) is -1.24. The van der Waals surface area contributed by atoms with E-state index in [9.17, 15) is 17.6 Å². The molecular weight excluding hydrogens is 463 g/mol. The topological polar surface area (TPSA) is 66.5 Å². The van der Waals surface area contributed by atoms with Crippen molar-refractivity contribution >= 4 is 27.4 Å². The van der Waals surface area contributed by atoms with Crippen LogP contribution >= 0.6 is 11.6 Å². The minimum Gasteiger partial charge on any atom is -0.296 e. The van der Waals surface area contributed by atoms with Crippen LogP contribution in [0, 0.1) is 12.7 Å². The molecule has 1 saturated heterocycles. The van der Waals surface area contributed by atoms with Crippen molar-refractivity contribution in [2.75, 3.05) is 19.6 Å². The number of carbonyl (C=O) groups is 1. The largest absolute Gasteiger partial charge is 0.296 e. The lowest BCUT2D eigenvalue weighted by molar-refractivity contribution is 0.0992. The summed E-state index contributed by atoms with van der Waals surface area (Å²) < 4.78 is 42.3. The maximum atomic E-state index is 14.7. The van der Waals surface area contributed by atoms with Crippen LogP contribution in [0.25, 0.3) is 11.1 Å². The molecule has 172 valence electrons. The number of rotatable bonds is 8. The fraction of sp³-hybridized carbons (Fsp3) is 0.240. The Balaban J connectivity index is 1.39. The van der Waals surface area contributed by atoms with E-state index in [-0.39, 0.29) is 5.56 Å². The number of benzene rings is 3. The third-order valence-electron chi connectivity index (χ3n) is 5.81. The molecule has 0 aromatic heterocycles. The van der Waals surface area contributed by atoms with Crippen LogP contribution in [0.2, 0.25) is 5.02 Å². The van der Waals surface area contributed by atoms with Gasteiger partial charge in [-0.05, 0) is 47.4 Å². The number of halogens is 2. The minimum atomic E-state index is -3.72. The Morgan fingerprint density at radius 2 is 1.73 bits per heavy atom. The molecule has 33 heavy (non-hydrogen) atoms. The van der Waals surface area contributed by atoms with Crippen LogP contribution < -0.4 is 4.72 Å². The number of nitrogens with zero attached hydrogens (tertiary/aromatic N) is 1. The van der Waals surface area contributed by atoms with Gasteiger partial charge in [0.1, 0.15) is 11.1 Å². The molecule has 0 spiro atoms. The first-order valence-corrected chi connectivity index (χ1v) is 12.5. The number of nitrogens with one attached hydrogen (secondary N) is 1. The van der Waals surface area contributed by atoms with Gasteiger partial charge in [-0.2, -0.15) is 0 Å². The van der Waals surface area contributed by atoms with Gasteiger partial charge in [-0.1, -0.05) is 60.1 Å². The van der Waals surface area contributed by atoms with Crippen molar-refractivity contribution in [2.24, 2.45) is 0 Å². The molecule has 0 radical (unpaired) electrons. The average molecular weight is 487 g/mol. The predicted octanol–water partition coefficient (Wildman–Crippen LogP) is 4.44.